The molecule has 43 heavy (non-hydrogen) atoms. The van der Waals surface area contributed by atoms with Gasteiger partial charge in [-0.25, -0.2) is 4.98 Å². The molecular weight excluding hydrogens is 566 g/mol. The van der Waals surface area contributed by atoms with E-state index in [0.29, 0.717) is 45.6 Å². The lowest BCUT2D eigenvalue weighted by Gasteiger charge is -2.40. The Morgan fingerprint density at radius 2 is 1.70 bits per heavy atom. The van der Waals surface area contributed by atoms with Crippen LogP contribution in [0.4, 0.5) is 28.8 Å². The lowest BCUT2D eigenvalue weighted by molar-refractivity contribution is -0.127. The molecule has 226 valence electrons. The number of ether oxygens (including phenoxy) is 1. The SMILES string of the molecule is C=CC(=O)N1CCC(C2CCN(c3ccc(Nc4ncc(Cl)c(Nc5ccccc5C(=O)NC)n4)c(OC)c3)CC2)CC1. The number of methoxy groups -OCH3 is 1. The van der Waals surface area contributed by atoms with Gasteiger partial charge in [-0.2, -0.15) is 4.98 Å². The smallest absolute Gasteiger partial charge is 0.253 e. The summed E-state index contributed by atoms with van der Waals surface area (Å²) in [5.41, 5.74) is 2.88. The molecule has 2 aliphatic rings. The summed E-state index contributed by atoms with van der Waals surface area (Å²) in [6, 6.07) is 13.2. The molecule has 2 amide bonds. The number of carbonyl (C=O) groups excluding carboxylic acids is 2. The van der Waals surface area contributed by atoms with Crippen LogP contribution in [0.3, 0.4) is 0 Å². The number of piperidine rings is 2. The molecule has 0 bridgehead atoms. The minimum atomic E-state index is -0.219. The Balaban J connectivity index is 1.22. The molecule has 2 saturated heterocycles. The molecule has 2 aromatic carbocycles. The first-order chi connectivity index (χ1) is 20.9. The highest BCUT2D eigenvalue weighted by molar-refractivity contribution is 6.33. The summed E-state index contributed by atoms with van der Waals surface area (Å²) in [7, 11) is 3.23. The molecule has 3 heterocycles. The van der Waals surface area contributed by atoms with Crippen LogP contribution >= 0.6 is 11.6 Å². The summed E-state index contributed by atoms with van der Waals surface area (Å²) >= 11 is 6.40. The van der Waals surface area contributed by atoms with E-state index < -0.39 is 0 Å². The molecule has 10 nitrogen and oxygen atoms in total. The van der Waals surface area contributed by atoms with E-state index in [2.05, 4.69) is 43.5 Å². The van der Waals surface area contributed by atoms with Crippen LogP contribution in [0.2, 0.25) is 5.02 Å². The summed E-state index contributed by atoms with van der Waals surface area (Å²) in [4.78, 5) is 37.4. The highest BCUT2D eigenvalue weighted by Gasteiger charge is 2.30. The Labute approximate surface area is 257 Å². The standard InChI is InChI=1S/C32H38ClN7O3/c1-4-29(41)40-17-13-22(14-18-40)21-11-15-39(16-12-21)23-9-10-27(28(19-23)43-3)37-32-35-20-25(33)30(38-32)36-26-8-6-5-7-24(26)31(42)34-2/h4-10,19-22H,1,11-18H2,2-3H3,(H,34,42)(H2,35,36,37,38). The maximum absolute atomic E-state index is 12.3. The van der Waals surface area contributed by atoms with Crippen molar-refractivity contribution in [3.8, 4) is 5.75 Å². The fourth-order valence-corrected chi connectivity index (χ4v) is 6.16. The highest BCUT2D eigenvalue weighted by atomic mass is 35.5. The lowest BCUT2D eigenvalue weighted by atomic mass is 9.78. The summed E-state index contributed by atoms with van der Waals surface area (Å²) in [5, 5.41) is 9.36. The van der Waals surface area contributed by atoms with Crippen LogP contribution in [0.5, 0.6) is 5.75 Å². The average Bonchev–Trinajstić information content (AvgIpc) is 3.06. The third-order valence-corrected chi connectivity index (χ3v) is 8.70. The number of para-hydroxylation sites is 1. The van der Waals surface area contributed by atoms with E-state index in [0.717, 1.165) is 63.2 Å². The van der Waals surface area contributed by atoms with Crippen LogP contribution in [0.25, 0.3) is 0 Å². The first-order valence-corrected chi connectivity index (χ1v) is 15.0. The Bertz CT molecular complexity index is 1470. The molecule has 1 aromatic heterocycles. The zero-order valence-corrected chi connectivity index (χ0v) is 25.4. The van der Waals surface area contributed by atoms with E-state index in [4.69, 9.17) is 16.3 Å². The number of rotatable bonds is 9. The van der Waals surface area contributed by atoms with E-state index in [9.17, 15) is 9.59 Å². The van der Waals surface area contributed by atoms with Crippen LogP contribution in [0, 0.1) is 11.8 Å². The number of anilines is 5. The number of halogens is 1. The van der Waals surface area contributed by atoms with Gasteiger partial charge in [0.2, 0.25) is 11.9 Å². The first-order valence-electron chi connectivity index (χ1n) is 14.6. The maximum Gasteiger partial charge on any atom is 0.253 e. The molecule has 2 aliphatic heterocycles. The molecule has 3 aromatic rings. The second-order valence-electron chi connectivity index (χ2n) is 10.8. The van der Waals surface area contributed by atoms with Gasteiger partial charge in [0.05, 0.1) is 30.2 Å². The Hall–Kier alpha value is -4.31. The minimum absolute atomic E-state index is 0.0449. The Morgan fingerprint density at radius 3 is 2.37 bits per heavy atom. The lowest BCUT2D eigenvalue weighted by Crippen LogP contribution is -2.42. The minimum Gasteiger partial charge on any atom is -0.494 e. The predicted molar refractivity (Wildman–Crippen MR) is 171 cm³/mol. The van der Waals surface area contributed by atoms with Crippen molar-refractivity contribution < 1.29 is 14.3 Å². The molecule has 0 atom stereocenters. The van der Waals surface area contributed by atoms with Crippen LogP contribution in [0.15, 0.2) is 61.3 Å². The molecular formula is C32H38ClN7O3. The van der Waals surface area contributed by atoms with Gasteiger partial charge in [-0.3, -0.25) is 9.59 Å². The summed E-state index contributed by atoms with van der Waals surface area (Å²) in [6.07, 6.45) is 7.35. The molecule has 0 unspecified atom stereocenters. The van der Waals surface area contributed by atoms with Gasteiger partial charge < -0.3 is 30.5 Å². The van der Waals surface area contributed by atoms with Crippen molar-refractivity contribution in [3.05, 3.63) is 71.9 Å². The number of carbonyl (C=O) groups is 2. The molecule has 2 fully saturated rings. The van der Waals surface area contributed by atoms with Crippen molar-refractivity contribution in [1.82, 2.24) is 20.2 Å². The van der Waals surface area contributed by atoms with E-state index in [1.807, 2.05) is 23.1 Å². The van der Waals surface area contributed by atoms with Crippen molar-refractivity contribution >= 4 is 52.2 Å². The number of nitrogens with one attached hydrogen (secondary N) is 3. The summed E-state index contributed by atoms with van der Waals surface area (Å²) in [5.74, 6) is 2.56. The normalized spacial score (nSPS) is 16.0. The zero-order valence-electron chi connectivity index (χ0n) is 24.6. The van der Waals surface area contributed by atoms with Crippen LogP contribution in [-0.4, -0.2) is 67.0 Å². The summed E-state index contributed by atoms with van der Waals surface area (Å²) in [6.45, 7) is 7.25. The largest absolute Gasteiger partial charge is 0.494 e. The van der Waals surface area contributed by atoms with Gasteiger partial charge in [0, 0.05) is 45.0 Å². The fraction of sp³-hybridized carbons (Fsp3) is 0.375. The quantitative estimate of drug-likeness (QED) is 0.270. The summed E-state index contributed by atoms with van der Waals surface area (Å²) < 4.78 is 5.74. The maximum atomic E-state index is 12.3. The third-order valence-electron chi connectivity index (χ3n) is 8.42. The highest BCUT2D eigenvalue weighted by Crippen LogP contribution is 2.37. The molecule has 0 spiro atoms. The van der Waals surface area contributed by atoms with Crippen molar-refractivity contribution in [2.24, 2.45) is 11.8 Å². The number of hydrogen-bond acceptors (Lipinski definition) is 8. The molecule has 3 N–H and O–H groups in total. The number of aromatic nitrogens is 2. The van der Waals surface area contributed by atoms with Crippen LogP contribution < -0.4 is 25.6 Å². The van der Waals surface area contributed by atoms with Gasteiger partial charge >= 0.3 is 0 Å². The Morgan fingerprint density at radius 1 is 1.00 bits per heavy atom. The van der Waals surface area contributed by atoms with Gasteiger partial charge in [-0.1, -0.05) is 30.3 Å². The molecule has 5 rings (SSSR count). The average molecular weight is 604 g/mol. The second-order valence-corrected chi connectivity index (χ2v) is 11.2. The van der Waals surface area contributed by atoms with Crippen molar-refractivity contribution in [3.63, 3.8) is 0 Å². The van der Waals surface area contributed by atoms with Crippen molar-refractivity contribution in [2.45, 2.75) is 25.7 Å². The van der Waals surface area contributed by atoms with E-state index in [1.54, 1.807) is 32.4 Å². The molecule has 0 aliphatic carbocycles. The van der Waals surface area contributed by atoms with Gasteiger partial charge in [-0.05, 0) is 67.9 Å². The second kappa shape index (κ2) is 13.8. The molecule has 0 radical (unpaired) electrons. The van der Waals surface area contributed by atoms with Crippen LogP contribution in [-0.2, 0) is 4.79 Å². The number of hydrogen-bond donors (Lipinski definition) is 3. The first kappa shape index (κ1) is 30.2. The molecule has 0 saturated carbocycles. The Kier molecular flexibility index (Phi) is 9.66. The van der Waals surface area contributed by atoms with Crippen molar-refractivity contribution in [2.75, 3.05) is 55.9 Å². The van der Waals surface area contributed by atoms with Gasteiger partial charge in [0.15, 0.2) is 5.82 Å². The fourth-order valence-electron chi connectivity index (χ4n) is 6.02. The third kappa shape index (κ3) is 7.02. The van der Waals surface area contributed by atoms with Crippen molar-refractivity contribution in [1.29, 1.82) is 0 Å². The van der Waals surface area contributed by atoms with E-state index >= 15 is 0 Å². The predicted octanol–water partition coefficient (Wildman–Crippen LogP) is 5.63. The number of benzene rings is 2. The number of amides is 2. The monoisotopic (exact) mass is 603 g/mol. The number of nitrogens with zero attached hydrogens (tertiary/aromatic N) is 4. The van der Waals surface area contributed by atoms with E-state index in [1.165, 1.54) is 12.3 Å². The zero-order chi connectivity index (χ0) is 30.3. The van der Waals surface area contributed by atoms with Gasteiger partial charge in [0.25, 0.3) is 5.91 Å². The van der Waals surface area contributed by atoms with Gasteiger partial charge in [0.1, 0.15) is 10.8 Å². The van der Waals surface area contributed by atoms with Gasteiger partial charge in [-0.15, -0.1) is 0 Å². The topological polar surface area (TPSA) is 112 Å². The molecule has 11 heteroatoms. The van der Waals surface area contributed by atoms with Crippen LogP contribution in [0.1, 0.15) is 36.0 Å². The van der Waals surface area contributed by atoms with E-state index in [-0.39, 0.29) is 11.8 Å². The number of likely N-dealkylation sites (tertiary alicyclic amines) is 1.